The molecule has 0 amide bonds. The zero-order chi connectivity index (χ0) is 13.3. The summed E-state index contributed by atoms with van der Waals surface area (Å²) in [5.74, 6) is 0.755. The van der Waals surface area contributed by atoms with Crippen molar-refractivity contribution in [3.8, 4) is 0 Å². The molecule has 0 saturated carbocycles. The van der Waals surface area contributed by atoms with Crippen molar-refractivity contribution in [2.24, 2.45) is 17.1 Å². The van der Waals surface area contributed by atoms with Gasteiger partial charge >= 0.3 is 0 Å². The fourth-order valence-corrected chi connectivity index (χ4v) is 2.76. The molecule has 0 rings (SSSR count). The first-order valence-corrected chi connectivity index (χ1v) is 7.32. The van der Waals surface area contributed by atoms with Crippen LogP contribution in [0.1, 0.15) is 59.8 Å². The van der Waals surface area contributed by atoms with Crippen LogP contribution in [0.25, 0.3) is 0 Å². The second-order valence-electron chi connectivity index (χ2n) is 6.40. The Kier molecular flexibility index (Phi) is 8.89. The van der Waals surface area contributed by atoms with E-state index >= 15 is 0 Å². The maximum absolute atomic E-state index is 5.66. The fourth-order valence-electron chi connectivity index (χ4n) is 2.76. The highest BCUT2D eigenvalue weighted by atomic mass is 15.1. The molecule has 17 heavy (non-hydrogen) atoms. The largest absolute Gasteiger partial charge is 0.330 e. The summed E-state index contributed by atoms with van der Waals surface area (Å²) in [4.78, 5) is 2.50. The smallest absolute Gasteiger partial charge is 0.00324 e. The minimum Gasteiger partial charge on any atom is -0.330 e. The van der Waals surface area contributed by atoms with Gasteiger partial charge < -0.3 is 10.6 Å². The van der Waals surface area contributed by atoms with E-state index in [9.17, 15) is 0 Å². The van der Waals surface area contributed by atoms with Crippen molar-refractivity contribution < 1.29 is 0 Å². The molecule has 0 aromatic carbocycles. The van der Waals surface area contributed by atoms with E-state index in [1.807, 2.05) is 0 Å². The summed E-state index contributed by atoms with van der Waals surface area (Å²) in [6.07, 6.45) is 6.41. The predicted molar refractivity (Wildman–Crippen MR) is 78.3 cm³/mol. The Morgan fingerprint density at radius 3 is 2.24 bits per heavy atom. The van der Waals surface area contributed by atoms with Gasteiger partial charge in [0, 0.05) is 13.1 Å². The maximum atomic E-state index is 5.66. The van der Waals surface area contributed by atoms with Crippen LogP contribution in [0.5, 0.6) is 0 Å². The second kappa shape index (κ2) is 8.93. The number of hydrogen-bond acceptors (Lipinski definition) is 2. The number of nitrogens with two attached hydrogens (primary N) is 1. The van der Waals surface area contributed by atoms with Gasteiger partial charge in [0.15, 0.2) is 0 Å². The average Bonchev–Trinajstić information content (AvgIpc) is 2.22. The summed E-state index contributed by atoms with van der Waals surface area (Å²) < 4.78 is 0. The van der Waals surface area contributed by atoms with Crippen LogP contribution < -0.4 is 5.73 Å². The Labute approximate surface area is 109 Å². The first kappa shape index (κ1) is 16.9. The highest BCUT2D eigenvalue weighted by Gasteiger charge is 2.24. The molecule has 2 heteroatoms. The lowest BCUT2D eigenvalue weighted by Crippen LogP contribution is -2.36. The van der Waals surface area contributed by atoms with Gasteiger partial charge in [0.05, 0.1) is 0 Å². The van der Waals surface area contributed by atoms with Crippen LogP contribution in [-0.2, 0) is 0 Å². The molecule has 0 fully saturated rings. The normalized spacial score (nSPS) is 15.5. The van der Waals surface area contributed by atoms with Crippen molar-refractivity contribution >= 4 is 0 Å². The Balaban J connectivity index is 4.24. The minimum atomic E-state index is 0.457. The van der Waals surface area contributed by atoms with E-state index in [1.54, 1.807) is 0 Å². The average molecular weight is 242 g/mol. The van der Waals surface area contributed by atoms with Crippen molar-refractivity contribution in [2.45, 2.75) is 59.8 Å². The summed E-state index contributed by atoms with van der Waals surface area (Å²) in [7, 11) is 2.26. The summed E-state index contributed by atoms with van der Waals surface area (Å²) in [5.41, 5.74) is 6.12. The third-order valence-electron chi connectivity index (χ3n) is 3.45. The summed E-state index contributed by atoms with van der Waals surface area (Å²) in [6.45, 7) is 12.5. The van der Waals surface area contributed by atoms with E-state index in [-0.39, 0.29) is 0 Å². The Bertz CT molecular complexity index is 170. The lowest BCUT2D eigenvalue weighted by Gasteiger charge is -2.35. The Morgan fingerprint density at radius 2 is 1.76 bits per heavy atom. The van der Waals surface area contributed by atoms with E-state index in [1.165, 1.54) is 38.8 Å². The van der Waals surface area contributed by atoms with E-state index < -0.39 is 0 Å². The molecular formula is C15H34N2. The van der Waals surface area contributed by atoms with E-state index in [2.05, 4.69) is 39.6 Å². The third kappa shape index (κ3) is 8.62. The summed E-state index contributed by atoms with van der Waals surface area (Å²) >= 11 is 0. The predicted octanol–water partition coefficient (Wildman–Crippen LogP) is 3.51. The van der Waals surface area contributed by atoms with Crippen LogP contribution in [0, 0.1) is 11.3 Å². The molecule has 2 nitrogen and oxygen atoms in total. The standard InChI is InChI=1S/C15H34N2/c1-6-7-9-15(4,10-8-11-16)13-17(5)12-14(2)3/h14H,6-13,16H2,1-5H3. The van der Waals surface area contributed by atoms with Gasteiger partial charge in [-0.05, 0) is 44.2 Å². The number of rotatable bonds is 10. The molecule has 0 heterocycles. The number of nitrogens with zero attached hydrogens (tertiary/aromatic N) is 1. The van der Waals surface area contributed by atoms with Crippen molar-refractivity contribution in [1.82, 2.24) is 4.90 Å². The van der Waals surface area contributed by atoms with Gasteiger partial charge in [0.1, 0.15) is 0 Å². The molecule has 2 N–H and O–H groups in total. The monoisotopic (exact) mass is 242 g/mol. The second-order valence-corrected chi connectivity index (χ2v) is 6.40. The fraction of sp³-hybridized carbons (Fsp3) is 1.00. The molecule has 0 aliphatic rings. The van der Waals surface area contributed by atoms with Crippen molar-refractivity contribution in [1.29, 1.82) is 0 Å². The first-order valence-electron chi connectivity index (χ1n) is 7.32. The molecular weight excluding hydrogens is 208 g/mol. The maximum Gasteiger partial charge on any atom is 0.00324 e. The van der Waals surface area contributed by atoms with Crippen LogP contribution in [0.3, 0.4) is 0 Å². The van der Waals surface area contributed by atoms with Gasteiger partial charge in [-0.15, -0.1) is 0 Å². The van der Waals surface area contributed by atoms with Gasteiger partial charge in [-0.2, -0.15) is 0 Å². The highest BCUT2D eigenvalue weighted by Crippen LogP contribution is 2.30. The lowest BCUT2D eigenvalue weighted by atomic mass is 9.80. The molecule has 0 aliphatic heterocycles. The molecule has 1 atom stereocenters. The van der Waals surface area contributed by atoms with Crippen molar-refractivity contribution in [3.63, 3.8) is 0 Å². The highest BCUT2D eigenvalue weighted by molar-refractivity contribution is 4.78. The molecule has 0 aromatic rings. The quantitative estimate of drug-likeness (QED) is 0.635. The molecule has 0 aromatic heterocycles. The SMILES string of the molecule is CCCCC(C)(CCCN)CN(C)CC(C)C. The van der Waals surface area contributed by atoms with Gasteiger partial charge in [-0.3, -0.25) is 0 Å². The number of unbranched alkanes of at least 4 members (excludes halogenated alkanes) is 1. The van der Waals surface area contributed by atoms with Crippen molar-refractivity contribution in [2.75, 3.05) is 26.7 Å². The van der Waals surface area contributed by atoms with Crippen LogP contribution in [0.2, 0.25) is 0 Å². The molecule has 104 valence electrons. The van der Waals surface area contributed by atoms with Gasteiger partial charge in [0.25, 0.3) is 0 Å². The zero-order valence-electron chi connectivity index (χ0n) is 12.8. The van der Waals surface area contributed by atoms with E-state index in [0.29, 0.717) is 5.41 Å². The van der Waals surface area contributed by atoms with E-state index in [0.717, 1.165) is 18.9 Å². The van der Waals surface area contributed by atoms with Gasteiger partial charge in [-0.1, -0.05) is 40.5 Å². The van der Waals surface area contributed by atoms with E-state index in [4.69, 9.17) is 5.73 Å². The third-order valence-corrected chi connectivity index (χ3v) is 3.45. The van der Waals surface area contributed by atoms with Crippen LogP contribution in [0.15, 0.2) is 0 Å². The van der Waals surface area contributed by atoms with Crippen LogP contribution in [0.4, 0.5) is 0 Å². The Hall–Kier alpha value is -0.0800. The molecule has 0 saturated heterocycles. The molecule has 0 radical (unpaired) electrons. The zero-order valence-corrected chi connectivity index (χ0v) is 12.8. The Morgan fingerprint density at radius 1 is 1.18 bits per heavy atom. The van der Waals surface area contributed by atoms with Crippen molar-refractivity contribution in [3.05, 3.63) is 0 Å². The topological polar surface area (TPSA) is 29.3 Å². The summed E-state index contributed by atoms with van der Waals surface area (Å²) in [6, 6.07) is 0. The van der Waals surface area contributed by atoms with Crippen LogP contribution >= 0.6 is 0 Å². The molecule has 0 bridgehead atoms. The molecule has 0 aliphatic carbocycles. The van der Waals surface area contributed by atoms with Gasteiger partial charge in [0.2, 0.25) is 0 Å². The molecule has 1 unspecified atom stereocenters. The van der Waals surface area contributed by atoms with Gasteiger partial charge in [-0.25, -0.2) is 0 Å². The number of hydrogen-bond donors (Lipinski definition) is 1. The minimum absolute atomic E-state index is 0.457. The lowest BCUT2D eigenvalue weighted by molar-refractivity contribution is 0.151. The van der Waals surface area contributed by atoms with Crippen LogP contribution in [-0.4, -0.2) is 31.6 Å². The summed E-state index contributed by atoms with van der Waals surface area (Å²) in [5, 5.41) is 0. The first-order chi connectivity index (χ1) is 7.93. The molecule has 0 spiro atoms.